The van der Waals surface area contributed by atoms with E-state index in [0.717, 1.165) is 16.2 Å². The third-order valence-corrected chi connectivity index (χ3v) is 5.75. The number of halogens is 4. The number of benzene rings is 2. The Hall–Kier alpha value is -1.79. The van der Waals surface area contributed by atoms with Crippen LogP contribution in [-0.4, -0.2) is 21.8 Å². The molecule has 4 rings (SSSR count). The van der Waals surface area contributed by atoms with Gasteiger partial charge >= 0.3 is 0 Å². The average Bonchev–Trinajstić information content (AvgIpc) is 3.06. The highest BCUT2D eigenvalue weighted by Crippen LogP contribution is 2.45. The normalized spacial score (nSPS) is 13.9. The maximum atomic E-state index is 12.8. The van der Waals surface area contributed by atoms with Crippen molar-refractivity contribution in [1.82, 2.24) is 9.97 Å². The molecule has 0 radical (unpaired) electrons. The molecule has 2 heterocycles. The van der Waals surface area contributed by atoms with E-state index >= 15 is 0 Å². The van der Waals surface area contributed by atoms with Gasteiger partial charge in [0.2, 0.25) is 0 Å². The molecule has 0 atom stereocenters. The fourth-order valence-corrected chi connectivity index (χ4v) is 3.86. The molecule has 5 nitrogen and oxygen atoms in total. The van der Waals surface area contributed by atoms with Gasteiger partial charge in [0.25, 0.3) is 11.8 Å². The number of hydrogen-bond acceptors (Lipinski definition) is 3. The second-order valence-electron chi connectivity index (χ2n) is 5.48. The number of aryl methyl sites for hydroxylation is 1. The Labute approximate surface area is 161 Å². The molecule has 0 aliphatic carbocycles. The van der Waals surface area contributed by atoms with Gasteiger partial charge in [0.1, 0.15) is 5.82 Å². The molecule has 126 valence electrons. The molecular weight excluding hydrogens is 408 g/mol. The number of nitrogens with zero attached hydrogens (tertiary/aromatic N) is 2. The Morgan fingerprint density at radius 2 is 1.48 bits per heavy atom. The van der Waals surface area contributed by atoms with E-state index in [1.165, 1.54) is 0 Å². The van der Waals surface area contributed by atoms with Crippen LogP contribution in [0.4, 0.5) is 5.69 Å². The first kappa shape index (κ1) is 16.7. The Morgan fingerprint density at radius 1 is 0.920 bits per heavy atom. The van der Waals surface area contributed by atoms with Crippen molar-refractivity contribution in [3.8, 4) is 0 Å². The third kappa shape index (κ3) is 2.27. The molecule has 0 saturated carbocycles. The van der Waals surface area contributed by atoms with Crippen LogP contribution in [0.3, 0.4) is 0 Å². The summed E-state index contributed by atoms with van der Waals surface area (Å²) in [5.41, 5.74) is 1.68. The summed E-state index contributed by atoms with van der Waals surface area (Å²) in [7, 11) is 0. The minimum Gasteiger partial charge on any atom is -0.342 e. The summed E-state index contributed by atoms with van der Waals surface area (Å²) in [5.74, 6) is -0.499. The molecule has 1 aromatic heterocycles. The standard InChI is InChI=1S/C16H7Cl4N3O2/c1-5-21-7-3-2-6(4-8(7)22-5)23-15(24)9-10(16(23)25)12(18)14(20)13(19)11(9)17/h2-4H,1H3,(H,21,22). The monoisotopic (exact) mass is 413 g/mol. The number of carbonyl (C=O) groups is 2. The number of fused-ring (bicyclic) bond motifs is 2. The maximum absolute atomic E-state index is 12.8. The van der Waals surface area contributed by atoms with Crippen molar-refractivity contribution in [3.05, 3.63) is 55.2 Å². The smallest absolute Gasteiger partial charge is 0.267 e. The van der Waals surface area contributed by atoms with Crippen LogP contribution in [0.2, 0.25) is 20.1 Å². The van der Waals surface area contributed by atoms with Gasteiger partial charge < -0.3 is 4.98 Å². The zero-order valence-electron chi connectivity index (χ0n) is 12.5. The summed E-state index contributed by atoms with van der Waals surface area (Å²) < 4.78 is 0. The zero-order chi connectivity index (χ0) is 18.0. The second-order valence-corrected chi connectivity index (χ2v) is 6.99. The van der Waals surface area contributed by atoms with Crippen LogP contribution >= 0.6 is 46.4 Å². The van der Waals surface area contributed by atoms with Gasteiger partial charge in [-0.1, -0.05) is 46.4 Å². The predicted molar refractivity (Wildman–Crippen MR) is 98.5 cm³/mol. The van der Waals surface area contributed by atoms with Crippen LogP contribution in [0.5, 0.6) is 0 Å². The Morgan fingerprint density at radius 3 is 2.04 bits per heavy atom. The molecule has 0 bridgehead atoms. The lowest BCUT2D eigenvalue weighted by Crippen LogP contribution is -2.29. The van der Waals surface area contributed by atoms with E-state index in [1.54, 1.807) is 18.2 Å². The second kappa shape index (κ2) is 5.61. The van der Waals surface area contributed by atoms with Crippen molar-refractivity contribution in [2.45, 2.75) is 6.92 Å². The first-order chi connectivity index (χ1) is 11.8. The Balaban J connectivity index is 1.92. The number of nitrogens with one attached hydrogen (secondary N) is 1. The summed E-state index contributed by atoms with van der Waals surface area (Å²) in [6.45, 7) is 1.81. The molecule has 1 aliphatic rings. The SMILES string of the molecule is Cc1nc2ccc(N3C(=O)c4c(Cl)c(Cl)c(Cl)c(Cl)c4C3=O)cc2[nH]1. The van der Waals surface area contributed by atoms with Crippen LogP contribution in [-0.2, 0) is 0 Å². The number of aromatic amines is 1. The molecular formula is C16H7Cl4N3O2. The minimum absolute atomic E-state index is 0.0491. The lowest BCUT2D eigenvalue weighted by Gasteiger charge is -2.13. The fourth-order valence-electron chi connectivity index (χ4n) is 2.85. The summed E-state index contributed by atoms with van der Waals surface area (Å²) in [4.78, 5) is 34.0. The Kier molecular flexibility index (Phi) is 3.74. The van der Waals surface area contributed by atoms with Gasteiger partial charge in [-0.2, -0.15) is 0 Å². The molecule has 9 heteroatoms. The van der Waals surface area contributed by atoms with Gasteiger partial charge in [-0.05, 0) is 25.1 Å². The van der Waals surface area contributed by atoms with E-state index < -0.39 is 11.8 Å². The van der Waals surface area contributed by atoms with Crippen LogP contribution in [0.25, 0.3) is 11.0 Å². The lowest BCUT2D eigenvalue weighted by molar-refractivity contribution is 0.0926. The van der Waals surface area contributed by atoms with Crippen LogP contribution in [0.15, 0.2) is 18.2 Å². The number of imidazole rings is 1. The van der Waals surface area contributed by atoms with Crippen molar-refractivity contribution >= 4 is 74.9 Å². The summed E-state index contributed by atoms with van der Waals surface area (Å²) in [5, 5.41) is -0.305. The minimum atomic E-state index is -0.610. The van der Waals surface area contributed by atoms with E-state index in [0.29, 0.717) is 11.2 Å². The highest BCUT2D eigenvalue weighted by atomic mass is 35.5. The quantitative estimate of drug-likeness (QED) is 0.334. The van der Waals surface area contributed by atoms with Crippen molar-refractivity contribution in [1.29, 1.82) is 0 Å². The van der Waals surface area contributed by atoms with Crippen molar-refractivity contribution in [3.63, 3.8) is 0 Å². The van der Waals surface area contributed by atoms with Gasteiger partial charge in [0, 0.05) is 0 Å². The molecule has 2 aromatic carbocycles. The van der Waals surface area contributed by atoms with Crippen LogP contribution in [0, 0.1) is 6.92 Å². The number of aromatic nitrogens is 2. The first-order valence-corrected chi connectivity index (χ1v) is 8.53. The molecule has 0 fully saturated rings. The summed E-state index contributed by atoms with van der Waals surface area (Å²) in [6.07, 6.45) is 0. The van der Waals surface area contributed by atoms with E-state index in [1.807, 2.05) is 6.92 Å². The highest BCUT2D eigenvalue weighted by Gasteiger charge is 2.42. The van der Waals surface area contributed by atoms with Crippen LogP contribution in [0.1, 0.15) is 26.5 Å². The number of H-pyrrole nitrogens is 1. The largest absolute Gasteiger partial charge is 0.342 e. The highest BCUT2D eigenvalue weighted by molar-refractivity contribution is 6.56. The number of rotatable bonds is 1. The van der Waals surface area contributed by atoms with E-state index in [4.69, 9.17) is 46.4 Å². The third-order valence-electron chi connectivity index (χ3n) is 3.94. The van der Waals surface area contributed by atoms with E-state index in [2.05, 4.69) is 9.97 Å². The number of carbonyl (C=O) groups excluding carboxylic acids is 2. The molecule has 0 saturated heterocycles. The van der Waals surface area contributed by atoms with Crippen molar-refractivity contribution in [2.75, 3.05) is 4.90 Å². The summed E-state index contributed by atoms with van der Waals surface area (Å²) in [6, 6.07) is 4.98. The molecule has 1 aliphatic heterocycles. The van der Waals surface area contributed by atoms with Crippen molar-refractivity contribution < 1.29 is 9.59 Å². The predicted octanol–water partition coefficient (Wildman–Crippen LogP) is 5.29. The fraction of sp³-hybridized carbons (Fsp3) is 0.0625. The summed E-state index contributed by atoms with van der Waals surface area (Å²) >= 11 is 24.3. The first-order valence-electron chi connectivity index (χ1n) is 7.02. The molecule has 1 N–H and O–H groups in total. The number of amides is 2. The van der Waals surface area contributed by atoms with Crippen LogP contribution < -0.4 is 4.90 Å². The lowest BCUT2D eigenvalue weighted by atomic mass is 10.1. The Bertz CT molecular complexity index is 1060. The number of anilines is 1. The molecule has 0 unspecified atom stereocenters. The number of hydrogen-bond donors (Lipinski definition) is 1. The van der Waals surface area contributed by atoms with Gasteiger partial charge in [0.05, 0.1) is 47.9 Å². The molecule has 2 amide bonds. The topological polar surface area (TPSA) is 66.1 Å². The zero-order valence-corrected chi connectivity index (χ0v) is 15.5. The molecule has 3 aromatic rings. The maximum Gasteiger partial charge on any atom is 0.267 e. The molecule has 25 heavy (non-hydrogen) atoms. The van der Waals surface area contributed by atoms with Gasteiger partial charge in [-0.25, -0.2) is 9.88 Å². The molecule has 0 spiro atoms. The van der Waals surface area contributed by atoms with E-state index in [-0.39, 0.29) is 31.2 Å². The average molecular weight is 415 g/mol. The number of imide groups is 1. The van der Waals surface area contributed by atoms with Gasteiger partial charge in [-0.15, -0.1) is 0 Å². The van der Waals surface area contributed by atoms with Crippen molar-refractivity contribution in [2.24, 2.45) is 0 Å². The van der Waals surface area contributed by atoms with E-state index in [9.17, 15) is 9.59 Å². The van der Waals surface area contributed by atoms with Gasteiger partial charge in [0.15, 0.2) is 0 Å². The van der Waals surface area contributed by atoms with Gasteiger partial charge in [-0.3, -0.25) is 9.59 Å².